The highest BCUT2D eigenvalue weighted by Gasteiger charge is 2.30. The molecular formula is C26H25Cl3F3N7O3. The van der Waals surface area contributed by atoms with Crippen molar-refractivity contribution in [2.75, 3.05) is 11.9 Å². The van der Waals surface area contributed by atoms with E-state index in [4.69, 9.17) is 32.2 Å². The Kier molecular flexibility index (Phi) is 12.0. The van der Waals surface area contributed by atoms with Crippen LogP contribution in [0.5, 0.6) is 11.5 Å². The molecule has 5 rings (SSSR count). The molecule has 0 radical (unpaired) electrons. The predicted octanol–water partition coefficient (Wildman–Crippen LogP) is 6.52. The van der Waals surface area contributed by atoms with Gasteiger partial charge in [0.25, 0.3) is 5.91 Å². The first kappa shape index (κ1) is 34.2. The summed E-state index contributed by atoms with van der Waals surface area (Å²) >= 11 is 6.31. The first-order chi connectivity index (χ1) is 19.0. The maximum absolute atomic E-state index is 12.9. The summed E-state index contributed by atoms with van der Waals surface area (Å²) in [5, 5.41) is 3.42. The number of aromatic nitrogens is 4. The van der Waals surface area contributed by atoms with E-state index in [1.165, 1.54) is 24.7 Å². The number of alkyl halides is 3. The molecule has 3 aromatic heterocycles. The number of hydrogen-bond donors (Lipinski definition) is 3. The molecule has 16 heteroatoms. The number of carbonyl (C=O) groups is 1. The van der Waals surface area contributed by atoms with E-state index < -0.39 is 17.6 Å². The third kappa shape index (κ3) is 8.49. The Bertz CT molecular complexity index is 1640. The van der Waals surface area contributed by atoms with E-state index in [9.17, 15) is 18.0 Å². The average Bonchev–Trinajstić information content (AvgIpc) is 3.53. The minimum atomic E-state index is -4.46. The van der Waals surface area contributed by atoms with Gasteiger partial charge in [0.2, 0.25) is 0 Å². The maximum Gasteiger partial charge on any atom is 0.416 e. The standard InChI is InChI=1S/C21H17ClF3N5O.C5H6N2O2.2ClH/c22-16-11-14(29-20-19-17(27-12-28-20)6-8-30(19)9-7-26)4-5-18(16)31-15-3-1-2-13(10-15)21(23,24)25;1-3-7-4(2-9-3)5(6)8;;/h1-6,8,10-12H,7,9,26H2,(H,27,28,29);2H,1H3,(H2,6,8);2*1H. The minimum Gasteiger partial charge on any atom is -0.456 e. The summed E-state index contributed by atoms with van der Waals surface area (Å²) in [6.45, 7) is 2.72. The zero-order chi connectivity index (χ0) is 28.9. The van der Waals surface area contributed by atoms with Crippen molar-refractivity contribution in [1.29, 1.82) is 0 Å². The second-order valence-corrected chi connectivity index (χ2v) is 8.67. The quantitative estimate of drug-likeness (QED) is 0.181. The van der Waals surface area contributed by atoms with Gasteiger partial charge in [0.15, 0.2) is 17.4 Å². The fraction of sp³-hybridized carbons (Fsp3) is 0.154. The van der Waals surface area contributed by atoms with Crippen LogP contribution < -0.4 is 21.5 Å². The van der Waals surface area contributed by atoms with Gasteiger partial charge < -0.3 is 30.5 Å². The van der Waals surface area contributed by atoms with Crippen LogP contribution in [0.1, 0.15) is 21.9 Å². The second kappa shape index (κ2) is 14.7. The molecule has 0 saturated heterocycles. The molecule has 0 unspecified atom stereocenters. The van der Waals surface area contributed by atoms with Crippen molar-refractivity contribution < 1.29 is 27.1 Å². The van der Waals surface area contributed by atoms with Crippen LogP contribution in [0.15, 0.2) is 71.7 Å². The molecule has 224 valence electrons. The predicted molar refractivity (Wildman–Crippen MR) is 157 cm³/mol. The van der Waals surface area contributed by atoms with E-state index in [0.717, 1.165) is 23.2 Å². The van der Waals surface area contributed by atoms with Gasteiger partial charge in [0, 0.05) is 31.9 Å². The molecule has 0 atom stereocenters. The molecule has 0 aliphatic rings. The molecule has 0 aliphatic heterocycles. The Hall–Kier alpha value is -4.04. The van der Waals surface area contributed by atoms with Crippen molar-refractivity contribution >= 4 is 64.9 Å². The number of nitrogens with zero attached hydrogens (tertiary/aromatic N) is 4. The maximum atomic E-state index is 12.9. The van der Waals surface area contributed by atoms with Crippen LogP contribution >= 0.6 is 36.4 Å². The van der Waals surface area contributed by atoms with Gasteiger partial charge in [-0.15, -0.1) is 24.8 Å². The number of amides is 1. The van der Waals surface area contributed by atoms with Crippen LogP contribution in [-0.4, -0.2) is 32.0 Å². The fourth-order valence-electron chi connectivity index (χ4n) is 3.59. The molecule has 1 amide bonds. The SMILES string of the molecule is Cc1nc(C(N)=O)co1.Cl.Cl.NCCn1ccc2ncnc(Nc3ccc(Oc4cccc(C(F)(F)F)c4)c(Cl)c3)c21. The average molecular weight is 647 g/mol. The Morgan fingerprint density at radius 2 is 1.90 bits per heavy atom. The molecule has 5 N–H and O–H groups in total. The number of ether oxygens (including phenoxy) is 1. The van der Waals surface area contributed by atoms with E-state index in [2.05, 4.69) is 20.3 Å². The number of hydrogen-bond acceptors (Lipinski definition) is 8. The van der Waals surface area contributed by atoms with Gasteiger partial charge in [-0.1, -0.05) is 17.7 Å². The van der Waals surface area contributed by atoms with E-state index in [0.29, 0.717) is 30.5 Å². The van der Waals surface area contributed by atoms with Crippen molar-refractivity contribution in [3.63, 3.8) is 0 Å². The van der Waals surface area contributed by atoms with Crippen molar-refractivity contribution in [3.8, 4) is 11.5 Å². The number of nitrogens with one attached hydrogen (secondary N) is 1. The van der Waals surface area contributed by atoms with Gasteiger partial charge in [0.05, 0.1) is 16.1 Å². The summed E-state index contributed by atoms with van der Waals surface area (Å²) in [6, 6.07) is 11.3. The molecule has 3 heterocycles. The number of anilines is 2. The fourth-order valence-corrected chi connectivity index (χ4v) is 3.81. The number of oxazole rings is 1. The lowest BCUT2D eigenvalue weighted by Crippen LogP contribution is -2.10. The summed E-state index contributed by atoms with van der Waals surface area (Å²) in [5.74, 6) is 0.724. The monoisotopic (exact) mass is 645 g/mol. The van der Waals surface area contributed by atoms with E-state index in [-0.39, 0.29) is 47.0 Å². The van der Waals surface area contributed by atoms with Crippen molar-refractivity contribution in [3.05, 3.63) is 89.5 Å². The van der Waals surface area contributed by atoms with Gasteiger partial charge >= 0.3 is 6.18 Å². The zero-order valence-electron chi connectivity index (χ0n) is 21.8. The first-order valence-corrected chi connectivity index (χ1v) is 12.1. The molecule has 2 aromatic carbocycles. The second-order valence-electron chi connectivity index (χ2n) is 8.27. The third-order valence-corrected chi connectivity index (χ3v) is 5.67. The number of benzene rings is 2. The smallest absolute Gasteiger partial charge is 0.416 e. The van der Waals surface area contributed by atoms with Crippen molar-refractivity contribution in [2.45, 2.75) is 19.6 Å². The molecule has 0 aliphatic carbocycles. The minimum absolute atomic E-state index is 0. The van der Waals surface area contributed by atoms with Crippen LogP contribution in [0, 0.1) is 6.92 Å². The van der Waals surface area contributed by atoms with Gasteiger partial charge in [-0.05, 0) is 42.5 Å². The number of aryl methyl sites for hydroxylation is 1. The summed E-state index contributed by atoms with van der Waals surface area (Å²) in [6.07, 6.45) is 0.111. The Morgan fingerprint density at radius 3 is 2.50 bits per heavy atom. The number of fused-ring (bicyclic) bond motifs is 1. The van der Waals surface area contributed by atoms with Crippen LogP contribution in [0.2, 0.25) is 5.02 Å². The summed E-state index contributed by atoms with van der Waals surface area (Å²) in [4.78, 5) is 22.5. The number of nitrogens with two attached hydrogens (primary N) is 2. The highest BCUT2D eigenvalue weighted by molar-refractivity contribution is 6.32. The molecule has 0 fully saturated rings. The number of carbonyl (C=O) groups excluding carboxylic acids is 1. The number of halogens is 6. The summed E-state index contributed by atoms with van der Waals surface area (Å²) < 4.78 is 50.9. The molecular weight excluding hydrogens is 622 g/mol. The largest absolute Gasteiger partial charge is 0.456 e. The molecule has 0 saturated carbocycles. The Morgan fingerprint density at radius 1 is 1.14 bits per heavy atom. The van der Waals surface area contributed by atoms with Crippen LogP contribution in [0.3, 0.4) is 0 Å². The molecule has 10 nitrogen and oxygen atoms in total. The lowest BCUT2D eigenvalue weighted by molar-refractivity contribution is -0.137. The molecule has 42 heavy (non-hydrogen) atoms. The van der Waals surface area contributed by atoms with E-state index in [1.54, 1.807) is 25.1 Å². The lowest BCUT2D eigenvalue weighted by atomic mass is 10.2. The van der Waals surface area contributed by atoms with Crippen LogP contribution in [0.4, 0.5) is 24.7 Å². The Labute approximate surface area is 255 Å². The zero-order valence-corrected chi connectivity index (χ0v) is 24.2. The Balaban J connectivity index is 0.000000482. The molecule has 0 spiro atoms. The third-order valence-electron chi connectivity index (χ3n) is 5.38. The summed E-state index contributed by atoms with van der Waals surface area (Å²) in [5.41, 5.74) is 12.1. The lowest BCUT2D eigenvalue weighted by Gasteiger charge is -2.13. The normalized spacial score (nSPS) is 10.6. The number of rotatable bonds is 7. The van der Waals surface area contributed by atoms with E-state index >= 15 is 0 Å². The molecule has 0 bridgehead atoms. The highest BCUT2D eigenvalue weighted by Crippen LogP contribution is 2.36. The van der Waals surface area contributed by atoms with Gasteiger partial charge in [-0.25, -0.2) is 15.0 Å². The van der Waals surface area contributed by atoms with Gasteiger partial charge in [-0.2, -0.15) is 13.2 Å². The van der Waals surface area contributed by atoms with Crippen LogP contribution in [0.25, 0.3) is 11.0 Å². The van der Waals surface area contributed by atoms with Gasteiger partial charge in [-0.3, -0.25) is 4.79 Å². The van der Waals surface area contributed by atoms with E-state index in [1.807, 2.05) is 16.8 Å². The van der Waals surface area contributed by atoms with Crippen LogP contribution in [-0.2, 0) is 12.7 Å². The van der Waals surface area contributed by atoms with Crippen molar-refractivity contribution in [2.24, 2.45) is 11.5 Å². The topological polar surface area (TPSA) is 147 Å². The van der Waals surface area contributed by atoms with Crippen molar-refractivity contribution in [1.82, 2.24) is 19.5 Å². The number of primary amides is 1. The molecule has 5 aromatic rings. The van der Waals surface area contributed by atoms with Gasteiger partial charge in [0.1, 0.15) is 29.6 Å². The summed E-state index contributed by atoms with van der Waals surface area (Å²) in [7, 11) is 0. The highest BCUT2D eigenvalue weighted by atomic mass is 35.5. The first-order valence-electron chi connectivity index (χ1n) is 11.7.